The van der Waals surface area contributed by atoms with Crippen LogP contribution in [0.2, 0.25) is 0 Å². The lowest BCUT2D eigenvalue weighted by Crippen LogP contribution is -2.41. The number of guanidine groups is 1. The molecule has 0 bridgehead atoms. The number of hydrogen-bond donors (Lipinski definition) is 2. The van der Waals surface area contributed by atoms with Crippen molar-refractivity contribution >= 4 is 32.8 Å². The monoisotopic (exact) mass is 320 g/mol. The van der Waals surface area contributed by atoms with E-state index in [-0.39, 0.29) is 0 Å². The Bertz CT molecular complexity index is 617. The van der Waals surface area contributed by atoms with Crippen LogP contribution in [0, 0.1) is 0 Å². The van der Waals surface area contributed by atoms with Crippen molar-refractivity contribution in [3.8, 4) is 0 Å². The van der Waals surface area contributed by atoms with Crippen LogP contribution in [0.1, 0.15) is 12.1 Å². The highest BCUT2D eigenvalue weighted by Gasteiger charge is 2.10. The normalized spacial score (nSPS) is 15.7. The molecule has 0 unspecified atom stereocenters. The fourth-order valence-electron chi connectivity index (χ4n) is 2.34. The lowest BCUT2D eigenvalue weighted by Gasteiger charge is -2.25. The second-order valence-electron chi connectivity index (χ2n) is 4.86. The Balaban J connectivity index is 1.73. The van der Waals surface area contributed by atoms with E-state index in [0.29, 0.717) is 0 Å². The van der Waals surface area contributed by atoms with Gasteiger partial charge in [-0.05, 0) is 30.7 Å². The van der Waals surface area contributed by atoms with Gasteiger partial charge in [0.05, 0.1) is 6.54 Å². The van der Waals surface area contributed by atoms with Gasteiger partial charge in [0.1, 0.15) is 0 Å². The smallest absolute Gasteiger partial charge is 0.193 e. The Kier molecular flexibility index (Phi) is 3.46. The Labute approximate surface area is 121 Å². The summed E-state index contributed by atoms with van der Waals surface area (Å²) in [6.45, 7) is 2.77. The quantitative estimate of drug-likeness (QED) is 0.893. The first kappa shape index (κ1) is 12.5. The van der Waals surface area contributed by atoms with Crippen molar-refractivity contribution < 1.29 is 0 Å². The summed E-state index contributed by atoms with van der Waals surface area (Å²) < 4.78 is 1.11. The molecular formula is C14H17BrN4. The van der Waals surface area contributed by atoms with Gasteiger partial charge in [0.15, 0.2) is 5.96 Å². The molecule has 0 atom stereocenters. The number of aromatic amines is 1. The SMILES string of the molecule is CN1CCCN=C1NCc1cc2cc(Br)ccc2[nH]1. The van der Waals surface area contributed by atoms with Gasteiger partial charge in [-0.25, -0.2) is 0 Å². The first-order valence-electron chi connectivity index (χ1n) is 6.49. The minimum absolute atomic E-state index is 0.773. The van der Waals surface area contributed by atoms with E-state index < -0.39 is 0 Å². The standard InChI is InChI=1S/C14H17BrN4/c1-19-6-2-5-16-14(19)17-9-12-8-10-7-11(15)3-4-13(10)18-12/h3-4,7-8,18H,2,5-6,9H2,1H3,(H,16,17). The lowest BCUT2D eigenvalue weighted by atomic mass is 10.2. The van der Waals surface area contributed by atoms with Crippen LogP contribution in [0.4, 0.5) is 0 Å². The van der Waals surface area contributed by atoms with Gasteiger partial charge in [-0.1, -0.05) is 15.9 Å². The second-order valence-corrected chi connectivity index (χ2v) is 5.78. The number of hydrogen-bond acceptors (Lipinski definition) is 3. The van der Waals surface area contributed by atoms with Crippen LogP contribution in [0.25, 0.3) is 10.9 Å². The number of halogens is 1. The maximum absolute atomic E-state index is 4.50. The first-order valence-corrected chi connectivity index (χ1v) is 7.28. The van der Waals surface area contributed by atoms with Gasteiger partial charge in [-0.3, -0.25) is 4.99 Å². The zero-order valence-electron chi connectivity index (χ0n) is 10.9. The van der Waals surface area contributed by atoms with Gasteiger partial charge in [-0.2, -0.15) is 0 Å². The molecule has 0 saturated carbocycles. The van der Waals surface area contributed by atoms with E-state index in [2.05, 4.69) is 67.4 Å². The van der Waals surface area contributed by atoms with Crippen LogP contribution in [0.3, 0.4) is 0 Å². The largest absolute Gasteiger partial charge is 0.357 e. The highest BCUT2D eigenvalue weighted by molar-refractivity contribution is 9.10. The fraction of sp³-hybridized carbons (Fsp3) is 0.357. The number of nitrogens with one attached hydrogen (secondary N) is 2. The molecule has 100 valence electrons. The first-order chi connectivity index (χ1) is 9.22. The summed E-state index contributed by atoms with van der Waals surface area (Å²) in [5, 5.41) is 4.62. The third-order valence-electron chi connectivity index (χ3n) is 3.35. The van der Waals surface area contributed by atoms with Crippen molar-refractivity contribution in [3.05, 3.63) is 34.4 Å². The van der Waals surface area contributed by atoms with Crippen molar-refractivity contribution in [3.63, 3.8) is 0 Å². The molecule has 0 saturated heterocycles. The minimum atomic E-state index is 0.773. The molecular weight excluding hydrogens is 304 g/mol. The van der Waals surface area contributed by atoms with Crippen LogP contribution < -0.4 is 5.32 Å². The van der Waals surface area contributed by atoms with E-state index in [9.17, 15) is 0 Å². The molecule has 2 aromatic rings. The maximum atomic E-state index is 4.50. The Morgan fingerprint density at radius 2 is 2.32 bits per heavy atom. The molecule has 1 aromatic heterocycles. The predicted molar refractivity (Wildman–Crippen MR) is 82.4 cm³/mol. The molecule has 0 fully saturated rings. The molecule has 0 aliphatic carbocycles. The zero-order valence-corrected chi connectivity index (χ0v) is 12.5. The van der Waals surface area contributed by atoms with Gasteiger partial charge >= 0.3 is 0 Å². The molecule has 3 rings (SSSR count). The van der Waals surface area contributed by atoms with Crippen molar-refractivity contribution in [1.29, 1.82) is 0 Å². The number of rotatable bonds is 2. The summed E-state index contributed by atoms with van der Waals surface area (Å²) in [4.78, 5) is 10.1. The molecule has 0 radical (unpaired) electrons. The summed E-state index contributed by atoms with van der Waals surface area (Å²) in [5.41, 5.74) is 2.34. The van der Waals surface area contributed by atoms with E-state index in [4.69, 9.17) is 0 Å². The van der Waals surface area contributed by atoms with Crippen LogP contribution >= 0.6 is 15.9 Å². The van der Waals surface area contributed by atoms with E-state index in [1.807, 2.05) is 0 Å². The van der Waals surface area contributed by atoms with Crippen LogP contribution in [0.5, 0.6) is 0 Å². The minimum Gasteiger partial charge on any atom is -0.357 e. The molecule has 1 aliphatic heterocycles. The van der Waals surface area contributed by atoms with Gasteiger partial charge < -0.3 is 15.2 Å². The van der Waals surface area contributed by atoms with E-state index in [0.717, 1.165) is 36.5 Å². The topological polar surface area (TPSA) is 43.4 Å². The highest BCUT2D eigenvalue weighted by Crippen LogP contribution is 2.20. The van der Waals surface area contributed by atoms with Gasteiger partial charge in [0, 0.05) is 41.2 Å². The summed E-state index contributed by atoms with van der Waals surface area (Å²) in [7, 11) is 2.08. The summed E-state index contributed by atoms with van der Waals surface area (Å²) >= 11 is 3.50. The lowest BCUT2D eigenvalue weighted by molar-refractivity contribution is 0.446. The van der Waals surface area contributed by atoms with E-state index in [1.54, 1.807) is 0 Å². The Hall–Kier alpha value is -1.49. The molecule has 5 heteroatoms. The van der Waals surface area contributed by atoms with Crippen LogP contribution in [-0.2, 0) is 6.54 Å². The molecule has 0 amide bonds. The van der Waals surface area contributed by atoms with Crippen molar-refractivity contribution in [2.75, 3.05) is 20.1 Å². The summed E-state index contributed by atoms with van der Waals surface area (Å²) in [6, 6.07) is 8.44. The Morgan fingerprint density at radius 1 is 1.42 bits per heavy atom. The van der Waals surface area contributed by atoms with Crippen molar-refractivity contribution in [2.45, 2.75) is 13.0 Å². The van der Waals surface area contributed by atoms with Crippen molar-refractivity contribution in [2.24, 2.45) is 4.99 Å². The van der Waals surface area contributed by atoms with E-state index >= 15 is 0 Å². The summed E-state index contributed by atoms with van der Waals surface area (Å²) in [6.07, 6.45) is 1.14. The predicted octanol–water partition coefficient (Wildman–Crippen LogP) is 2.71. The number of fused-ring (bicyclic) bond motifs is 1. The average molecular weight is 321 g/mol. The highest BCUT2D eigenvalue weighted by atomic mass is 79.9. The van der Waals surface area contributed by atoms with Crippen LogP contribution in [0.15, 0.2) is 33.7 Å². The molecule has 1 aromatic carbocycles. The molecule has 1 aliphatic rings. The second kappa shape index (κ2) is 5.25. The van der Waals surface area contributed by atoms with Crippen molar-refractivity contribution in [1.82, 2.24) is 15.2 Å². The molecule has 2 heterocycles. The third-order valence-corrected chi connectivity index (χ3v) is 3.84. The van der Waals surface area contributed by atoms with Crippen LogP contribution in [-0.4, -0.2) is 36.0 Å². The number of benzene rings is 1. The van der Waals surface area contributed by atoms with Gasteiger partial charge in [0.2, 0.25) is 0 Å². The Morgan fingerprint density at radius 3 is 3.16 bits per heavy atom. The number of H-pyrrole nitrogens is 1. The van der Waals surface area contributed by atoms with E-state index in [1.165, 1.54) is 16.6 Å². The molecule has 19 heavy (non-hydrogen) atoms. The average Bonchev–Trinajstić information content (AvgIpc) is 2.79. The zero-order chi connectivity index (χ0) is 13.2. The fourth-order valence-corrected chi connectivity index (χ4v) is 2.72. The number of nitrogens with zero attached hydrogens (tertiary/aromatic N) is 2. The summed E-state index contributed by atoms with van der Waals surface area (Å²) in [5.74, 6) is 0.992. The third kappa shape index (κ3) is 2.76. The number of aromatic nitrogens is 1. The molecule has 2 N–H and O–H groups in total. The molecule has 4 nitrogen and oxygen atoms in total. The van der Waals surface area contributed by atoms with Gasteiger partial charge in [0.25, 0.3) is 0 Å². The van der Waals surface area contributed by atoms with Gasteiger partial charge in [-0.15, -0.1) is 0 Å². The maximum Gasteiger partial charge on any atom is 0.193 e. The molecule has 0 spiro atoms. The number of aliphatic imine (C=N–C) groups is 1.